The summed E-state index contributed by atoms with van der Waals surface area (Å²) in [5.41, 5.74) is -1.46. The van der Waals surface area contributed by atoms with E-state index in [2.05, 4.69) is 26.0 Å². The van der Waals surface area contributed by atoms with E-state index in [1.165, 1.54) is 19.2 Å². The van der Waals surface area contributed by atoms with Gasteiger partial charge in [0, 0.05) is 19.4 Å². The second-order valence-corrected chi connectivity index (χ2v) is 13.0. The molecule has 1 aromatic carbocycles. The van der Waals surface area contributed by atoms with Gasteiger partial charge in [0.05, 0.1) is 18.8 Å². The third-order valence-electron chi connectivity index (χ3n) is 5.60. The number of halogens is 2. The zero-order valence-corrected chi connectivity index (χ0v) is 24.7. The minimum Gasteiger partial charge on any atom is -0.462 e. The molecule has 3 rings (SSSR count). The van der Waals surface area contributed by atoms with E-state index in [0.29, 0.717) is 0 Å². The summed E-state index contributed by atoms with van der Waals surface area (Å²) >= 11 is 9.66. The molecule has 16 heteroatoms. The van der Waals surface area contributed by atoms with Crippen LogP contribution in [0.1, 0.15) is 27.0 Å². The smallest absolute Gasteiger partial charge is 0.459 e. The number of carbonyl (C=O) groups excluding carboxylic acids is 1. The van der Waals surface area contributed by atoms with Crippen LogP contribution in [-0.4, -0.2) is 68.6 Å². The molecule has 1 saturated heterocycles. The Morgan fingerprint density at radius 2 is 1.95 bits per heavy atom. The van der Waals surface area contributed by atoms with Crippen LogP contribution >= 0.6 is 35.3 Å². The van der Waals surface area contributed by atoms with Crippen LogP contribution < -0.4 is 20.9 Å². The van der Waals surface area contributed by atoms with Gasteiger partial charge < -0.3 is 23.8 Å². The molecule has 1 aromatic heterocycles. The number of aromatic amines is 1. The first kappa shape index (κ1) is 31.5. The highest BCUT2D eigenvalue weighted by molar-refractivity contribution is 9.10. The lowest BCUT2D eigenvalue weighted by Gasteiger charge is -2.28. The van der Waals surface area contributed by atoms with Crippen LogP contribution in [0.2, 0.25) is 0 Å². The van der Waals surface area contributed by atoms with Crippen molar-refractivity contribution in [3.05, 3.63) is 63.4 Å². The first-order valence-corrected chi connectivity index (χ1v) is 14.5. The van der Waals surface area contributed by atoms with Crippen LogP contribution in [0, 0.1) is 0 Å². The molecule has 1 aliphatic heterocycles. The number of aromatic nitrogens is 2. The highest BCUT2D eigenvalue weighted by atomic mass is 79.9. The third-order valence-corrected chi connectivity index (χ3v) is 8.41. The van der Waals surface area contributed by atoms with Crippen molar-refractivity contribution in [3.63, 3.8) is 0 Å². The number of hydrogen-bond donors (Lipinski definition) is 3. The molecule has 0 bridgehead atoms. The predicted octanol–water partition coefficient (Wildman–Crippen LogP) is 2.27. The first-order valence-electron chi connectivity index (χ1n) is 11.8. The van der Waals surface area contributed by atoms with E-state index in [-0.39, 0.29) is 5.75 Å². The van der Waals surface area contributed by atoms with Gasteiger partial charge in [-0.3, -0.25) is 23.7 Å². The lowest BCUT2D eigenvalue weighted by atomic mass is 10.2. The van der Waals surface area contributed by atoms with E-state index in [9.17, 15) is 24.1 Å². The summed E-state index contributed by atoms with van der Waals surface area (Å²) in [5, 5.41) is 13.4. The fourth-order valence-electron chi connectivity index (χ4n) is 3.56. The molecule has 0 amide bonds. The summed E-state index contributed by atoms with van der Waals surface area (Å²) in [4.78, 5) is 38.6. The molecule has 13 nitrogen and oxygen atoms in total. The minimum absolute atomic E-state index is 0.159. The van der Waals surface area contributed by atoms with Gasteiger partial charge in [0.25, 0.3) is 5.56 Å². The number of ether oxygens (including phenoxy) is 3. The number of rotatable bonds is 12. The molecule has 1 fully saturated rings. The Kier molecular flexibility index (Phi) is 10.6. The maximum absolute atomic E-state index is 14.0. The maximum atomic E-state index is 14.0. The van der Waals surface area contributed by atoms with Gasteiger partial charge in [0.1, 0.15) is 24.0 Å². The molecule has 0 aliphatic carbocycles. The van der Waals surface area contributed by atoms with E-state index in [4.69, 9.17) is 34.9 Å². The molecule has 216 valence electrons. The summed E-state index contributed by atoms with van der Waals surface area (Å²) in [6.45, 7) is 4.32. The Balaban J connectivity index is 1.87. The molecule has 2 aromatic rings. The van der Waals surface area contributed by atoms with E-state index in [0.717, 1.165) is 16.8 Å². The van der Waals surface area contributed by atoms with Crippen molar-refractivity contribution >= 4 is 41.2 Å². The molecule has 0 radical (unpaired) electrons. The van der Waals surface area contributed by atoms with Gasteiger partial charge in [0.15, 0.2) is 10.0 Å². The number of alkyl halides is 2. The van der Waals surface area contributed by atoms with Crippen LogP contribution in [-0.2, 0) is 28.1 Å². The van der Waals surface area contributed by atoms with Crippen molar-refractivity contribution in [2.24, 2.45) is 0 Å². The Morgan fingerprint density at radius 3 is 2.54 bits per heavy atom. The van der Waals surface area contributed by atoms with Crippen LogP contribution in [0.15, 0.2) is 52.2 Å². The van der Waals surface area contributed by atoms with Crippen molar-refractivity contribution in [2.75, 3.05) is 13.7 Å². The van der Waals surface area contributed by atoms with E-state index in [1.807, 2.05) is 0 Å². The number of esters is 1. The highest BCUT2D eigenvalue weighted by Gasteiger charge is 2.56. The fraction of sp³-hybridized carbons (Fsp3) is 0.522. The van der Waals surface area contributed by atoms with E-state index >= 15 is 0 Å². The molecule has 1 aliphatic rings. The first-order chi connectivity index (χ1) is 18.3. The van der Waals surface area contributed by atoms with Crippen LogP contribution in [0.5, 0.6) is 5.75 Å². The number of hydrogen-bond acceptors (Lipinski definition) is 10. The summed E-state index contributed by atoms with van der Waals surface area (Å²) in [6.07, 6.45) is -4.14. The van der Waals surface area contributed by atoms with E-state index < -0.39 is 72.0 Å². The SMILES string of the molecule is CO[C@H](C)[C@H](NP(=O)(OC[C@H]1O[C@@H](n2ccc(=O)[nH]c2=O)[C@](Cl)(Br)[C@@H]1O)Oc1ccccc1)C(=O)OC(C)C. The number of carbonyl (C=O) groups is 1. The van der Waals surface area contributed by atoms with Crippen LogP contribution in [0.25, 0.3) is 0 Å². The topological polar surface area (TPSA) is 167 Å². The lowest BCUT2D eigenvalue weighted by Crippen LogP contribution is -2.47. The number of nitrogens with zero attached hydrogens (tertiary/aromatic N) is 1. The van der Waals surface area contributed by atoms with Crippen LogP contribution in [0.4, 0.5) is 0 Å². The number of aliphatic hydroxyl groups is 1. The number of nitrogens with one attached hydrogen (secondary N) is 2. The summed E-state index contributed by atoms with van der Waals surface area (Å²) in [5.74, 6) is -0.596. The summed E-state index contributed by atoms with van der Waals surface area (Å²) in [7, 11) is -3.02. The number of benzene rings is 1. The number of para-hydroxylation sites is 1. The minimum atomic E-state index is -4.39. The average molecular weight is 655 g/mol. The molecule has 2 heterocycles. The van der Waals surface area contributed by atoms with Gasteiger partial charge in [-0.2, -0.15) is 5.09 Å². The number of aliphatic hydroxyl groups excluding tert-OH is 1. The zero-order valence-electron chi connectivity index (χ0n) is 21.5. The highest BCUT2D eigenvalue weighted by Crippen LogP contribution is 2.50. The zero-order chi connectivity index (χ0) is 29.0. The largest absolute Gasteiger partial charge is 0.462 e. The van der Waals surface area contributed by atoms with Crippen molar-refractivity contribution in [1.82, 2.24) is 14.6 Å². The Bertz CT molecular complexity index is 1290. The molecular weight excluding hydrogens is 625 g/mol. The Hall–Kier alpha value is -2.03. The van der Waals surface area contributed by atoms with Gasteiger partial charge in [-0.15, -0.1) is 0 Å². The molecule has 0 saturated carbocycles. The quantitative estimate of drug-likeness (QED) is 0.175. The molecule has 1 unspecified atom stereocenters. The molecule has 0 spiro atoms. The average Bonchev–Trinajstić information content (AvgIpc) is 3.09. The van der Waals surface area contributed by atoms with Gasteiger partial charge in [0.2, 0.25) is 0 Å². The van der Waals surface area contributed by atoms with Crippen LogP contribution in [0.3, 0.4) is 0 Å². The molecular formula is C23H30BrClN3O10P. The molecule has 7 atom stereocenters. The van der Waals surface area contributed by atoms with Crippen molar-refractivity contribution in [2.45, 2.75) is 61.2 Å². The van der Waals surface area contributed by atoms with Crippen molar-refractivity contribution in [3.8, 4) is 5.75 Å². The van der Waals surface area contributed by atoms with Gasteiger partial charge in [-0.1, -0.05) is 45.7 Å². The maximum Gasteiger partial charge on any atom is 0.459 e. The van der Waals surface area contributed by atoms with Gasteiger partial charge >= 0.3 is 19.4 Å². The third kappa shape index (κ3) is 7.80. The molecule has 39 heavy (non-hydrogen) atoms. The normalized spacial score (nSPS) is 26.1. The lowest BCUT2D eigenvalue weighted by molar-refractivity contribution is -0.152. The Morgan fingerprint density at radius 1 is 1.28 bits per heavy atom. The summed E-state index contributed by atoms with van der Waals surface area (Å²) in [6, 6.07) is 7.88. The van der Waals surface area contributed by atoms with Crippen molar-refractivity contribution < 1.29 is 37.7 Å². The van der Waals surface area contributed by atoms with Gasteiger partial charge in [-0.25, -0.2) is 9.36 Å². The second-order valence-electron chi connectivity index (χ2n) is 8.89. The summed E-state index contributed by atoms with van der Waals surface area (Å²) < 4.78 is 40.9. The Labute approximate surface area is 237 Å². The predicted molar refractivity (Wildman–Crippen MR) is 144 cm³/mol. The van der Waals surface area contributed by atoms with E-state index in [1.54, 1.807) is 39.0 Å². The van der Waals surface area contributed by atoms with Gasteiger partial charge in [-0.05, 0) is 32.9 Å². The monoisotopic (exact) mass is 653 g/mol. The number of H-pyrrole nitrogens is 1. The van der Waals surface area contributed by atoms with Crippen molar-refractivity contribution in [1.29, 1.82) is 0 Å². The molecule has 3 N–H and O–H groups in total. The fourth-order valence-corrected chi connectivity index (χ4v) is 6.06. The standard InChI is InChI=1S/C23H30BrClN3O10P/c1-13(2)36-20(31)18(14(3)34-4)27-39(33,38-15-8-6-5-7-9-15)35-12-16-19(30)23(24,25)21(37-16)28-11-10-17(29)26-22(28)32/h5-11,13-14,16,18-19,21,30H,12H2,1-4H3,(H,27,33)(H,26,29,32)/t14-,16-,18+,19-,21-,23+,39?/m1/s1. The second kappa shape index (κ2) is 13.1. The number of methoxy groups -OCH3 is 1.